The highest BCUT2D eigenvalue weighted by Crippen LogP contribution is 2.14. The number of piperazine rings is 1. The van der Waals surface area contributed by atoms with Gasteiger partial charge in [0.05, 0.1) is 26.2 Å². The summed E-state index contributed by atoms with van der Waals surface area (Å²) >= 11 is 3.39. The fourth-order valence-corrected chi connectivity index (χ4v) is 3.43. The molecule has 1 aliphatic heterocycles. The molecule has 0 aliphatic carbocycles. The van der Waals surface area contributed by atoms with E-state index < -0.39 is 0 Å². The molecule has 0 unspecified atom stereocenters. The summed E-state index contributed by atoms with van der Waals surface area (Å²) in [5.74, 6) is 0.0711. The minimum atomic E-state index is -0.160. The van der Waals surface area contributed by atoms with Crippen LogP contribution in [0.4, 0.5) is 5.69 Å². The molecule has 2 aromatic carbocycles. The van der Waals surface area contributed by atoms with Crippen molar-refractivity contribution in [2.24, 2.45) is 0 Å². The highest BCUT2D eigenvalue weighted by atomic mass is 79.9. The van der Waals surface area contributed by atoms with E-state index in [1.807, 2.05) is 66.4 Å². The molecule has 3 rings (SSSR count). The Kier molecular flexibility index (Phi) is 6.06. The van der Waals surface area contributed by atoms with Gasteiger partial charge in [-0.3, -0.25) is 9.59 Å². The molecule has 1 aliphatic rings. The van der Waals surface area contributed by atoms with Crippen LogP contribution >= 0.6 is 15.9 Å². The smallest absolute Gasteiger partial charge is 0.282 e. The van der Waals surface area contributed by atoms with Crippen LogP contribution in [0.15, 0.2) is 59.1 Å². The van der Waals surface area contributed by atoms with Crippen LogP contribution in [0.2, 0.25) is 0 Å². The van der Waals surface area contributed by atoms with Crippen LogP contribution in [0, 0.1) is 0 Å². The van der Waals surface area contributed by atoms with Gasteiger partial charge in [0.15, 0.2) is 6.04 Å². The summed E-state index contributed by atoms with van der Waals surface area (Å²) in [6, 6.07) is 16.7. The number of benzene rings is 2. The zero-order chi connectivity index (χ0) is 18.5. The number of hydrogen-bond donors (Lipinski definition) is 2. The van der Waals surface area contributed by atoms with Crippen LogP contribution in [0.1, 0.15) is 17.3 Å². The van der Waals surface area contributed by atoms with E-state index in [0.29, 0.717) is 13.1 Å². The summed E-state index contributed by atoms with van der Waals surface area (Å²) < 4.78 is 0.980. The van der Waals surface area contributed by atoms with E-state index in [1.165, 1.54) is 4.90 Å². The first-order chi connectivity index (χ1) is 12.5. The van der Waals surface area contributed by atoms with E-state index in [1.54, 1.807) is 0 Å². The van der Waals surface area contributed by atoms with Gasteiger partial charge in [0, 0.05) is 15.7 Å². The average Bonchev–Trinajstić information content (AvgIpc) is 2.69. The van der Waals surface area contributed by atoms with Crippen molar-refractivity contribution in [2.45, 2.75) is 13.0 Å². The number of nitrogens with zero attached hydrogens (tertiary/aromatic N) is 1. The summed E-state index contributed by atoms with van der Waals surface area (Å²) in [5.41, 5.74) is 1.51. The molecule has 0 bridgehead atoms. The third-order valence-electron chi connectivity index (χ3n) is 4.83. The van der Waals surface area contributed by atoms with E-state index in [9.17, 15) is 9.59 Å². The van der Waals surface area contributed by atoms with Crippen molar-refractivity contribution in [1.29, 1.82) is 0 Å². The molecule has 0 aromatic heterocycles. The first-order valence-corrected chi connectivity index (χ1v) is 9.59. The first kappa shape index (κ1) is 18.6. The normalized spacial score (nSPS) is 16.2. The Labute approximate surface area is 162 Å². The number of anilines is 1. The first-order valence-electron chi connectivity index (χ1n) is 8.80. The molecule has 1 saturated heterocycles. The van der Waals surface area contributed by atoms with E-state index in [0.717, 1.165) is 28.8 Å². The van der Waals surface area contributed by atoms with Crippen LogP contribution in [-0.4, -0.2) is 48.9 Å². The standard InChI is InChI=1S/C20H22BrN3O2/c1-15(19(25)22-18-9-7-17(21)8-10-18)23-11-13-24(14-12-23)20(26)16-5-3-2-4-6-16/h2-10,15H,11-14H2,1H3,(H,22,25)/p+1/t15-/m1/s1. The fraction of sp³-hybridized carbons (Fsp3) is 0.300. The predicted molar refractivity (Wildman–Crippen MR) is 105 cm³/mol. The van der Waals surface area contributed by atoms with Crippen molar-refractivity contribution < 1.29 is 14.5 Å². The lowest BCUT2D eigenvalue weighted by Gasteiger charge is -2.34. The van der Waals surface area contributed by atoms with E-state index in [2.05, 4.69) is 21.2 Å². The molecule has 1 atom stereocenters. The molecule has 0 radical (unpaired) electrons. The molecule has 1 fully saturated rings. The maximum atomic E-state index is 12.5. The number of rotatable bonds is 4. The van der Waals surface area contributed by atoms with Crippen LogP contribution < -0.4 is 10.2 Å². The van der Waals surface area contributed by atoms with Gasteiger partial charge in [-0.05, 0) is 43.3 Å². The number of amides is 2. The topological polar surface area (TPSA) is 53.9 Å². The van der Waals surface area contributed by atoms with Gasteiger partial charge < -0.3 is 15.1 Å². The number of carbonyl (C=O) groups is 2. The van der Waals surface area contributed by atoms with Gasteiger partial charge in [0.1, 0.15) is 0 Å². The van der Waals surface area contributed by atoms with Gasteiger partial charge in [0.2, 0.25) is 0 Å². The summed E-state index contributed by atoms with van der Waals surface area (Å²) in [6.07, 6.45) is 0. The average molecular weight is 417 g/mol. The Morgan fingerprint density at radius 3 is 2.27 bits per heavy atom. The second kappa shape index (κ2) is 8.47. The number of halogens is 1. The van der Waals surface area contributed by atoms with Crippen LogP contribution in [0.25, 0.3) is 0 Å². The molecule has 0 saturated carbocycles. The number of hydrogen-bond acceptors (Lipinski definition) is 2. The van der Waals surface area contributed by atoms with E-state index in [4.69, 9.17) is 0 Å². The van der Waals surface area contributed by atoms with Gasteiger partial charge in [0.25, 0.3) is 11.8 Å². The maximum Gasteiger partial charge on any atom is 0.282 e. The molecule has 6 heteroatoms. The van der Waals surface area contributed by atoms with Gasteiger partial charge in [-0.2, -0.15) is 0 Å². The van der Waals surface area contributed by atoms with Crippen molar-refractivity contribution in [3.63, 3.8) is 0 Å². The summed E-state index contributed by atoms with van der Waals surface area (Å²) in [4.78, 5) is 28.1. The minimum absolute atomic E-state index is 0.00478. The Morgan fingerprint density at radius 1 is 1.04 bits per heavy atom. The third kappa shape index (κ3) is 4.51. The molecule has 5 nitrogen and oxygen atoms in total. The molecule has 0 spiro atoms. The second-order valence-corrected chi connectivity index (χ2v) is 7.45. The molecule has 1 heterocycles. The predicted octanol–water partition coefficient (Wildman–Crippen LogP) is 1.82. The highest BCUT2D eigenvalue weighted by Gasteiger charge is 2.31. The van der Waals surface area contributed by atoms with Crippen molar-refractivity contribution in [1.82, 2.24) is 4.90 Å². The number of quaternary nitrogens is 1. The molecular weight excluding hydrogens is 394 g/mol. The zero-order valence-electron chi connectivity index (χ0n) is 14.7. The summed E-state index contributed by atoms with van der Waals surface area (Å²) in [7, 11) is 0. The van der Waals surface area contributed by atoms with Gasteiger partial charge in [-0.25, -0.2) is 0 Å². The summed E-state index contributed by atoms with van der Waals surface area (Å²) in [5, 5.41) is 2.96. The van der Waals surface area contributed by atoms with Crippen LogP contribution in [0.3, 0.4) is 0 Å². The Balaban J connectivity index is 1.53. The lowest BCUT2D eigenvalue weighted by atomic mass is 10.1. The Morgan fingerprint density at radius 2 is 1.65 bits per heavy atom. The van der Waals surface area contributed by atoms with E-state index >= 15 is 0 Å². The third-order valence-corrected chi connectivity index (χ3v) is 5.36. The van der Waals surface area contributed by atoms with Crippen molar-refractivity contribution in [3.05, 3.63) is 64.6 Å². The summed E-state index contributed by atoms with van der Waals surface area (Å²) in [6.45, 7) is 4.82. The van der Waals surface area contributed by atoms with Gasteiger partial charge in [-0.15, -0.1) is 0 Å². The zero-order valence-corrected chi connectivity index (χ0v) is 16.3. The van der Waals surface area contributed by atoms with Crippen molar-refractivity contribution in [2.75, 3.05) is 31.5 Å². The van der Waals surface area contributed by atoms with Crippen LogP contribution in [0.5, 0.6) is 0 Å². The van der Waals surface area contributed by atoms with Gasteiger partial charge >= 0.3 is 0 Å². The van der Waals surface area contributed by atoms with Crippen molar-refractivity contribution >= 4 is 33.4 Å². The largest absolute Gasteiger partial charge is 0.327 e. The number of carbonyl (C=O) groups excluding carboxylic acids is 2. The molecule has 2 aromatic rings. The lowest BCUT2D eigenvalue weighted by Crippen LogP contribution is -3.19. The lowest BCUT2D eigenvalue weighted by molar-refractivity contribution is -0.917. The SMILES string of the molecule is C[C@H](C(=O)Nc1ccc(Br)cc1)[NH+]1CCN(C(=O)c2ccccc2)CC1. The van der Waals surface area contributed by atoms with Crippen LogP contribution in [-0.2, 0) is 4.79 Å². The molecule has 2 amide bonds. The second-order valence-electron chi connectivity index (χ2n) is 6.53. The monoisotopic (exact) mass is 416 g/mol. The Hall–Kier alpha value is -2.18. The molecule has 136 valence electrons. The molecule has 2 N–H and O–H groups in total. The Bertz CT molecular complexity index is 756. The molecular formula is C20H23BrN3O2+. The van der Waals surface area contributed by atoms with E-state index in [-0.39, 0.29) is 17.9 Å². The van der Waals surface area contributed by atoms with Gasteiger partial charge in [-0.1, -0.05) is 34.1 Å². The highest BCUT2D eigenvalue weighted by molar-refractivity contribution is 9.10. The van der Waals surface area contributed by atoms with Crippen molar-refractivity contribution in [3.8, 4) is 0 Å². The number of nitrogens with one attached hydrogen (secondary N) is 2. The fourth-order valence-electron chi connectivity index (χ4n) is 3.16. The maximum absolute atomic E-state index is 12.5. The quantitative estimate of drug-likeness (QED) is 0.798. The minimum Gasteiger partial charge on any atom is -0.327 e. The molecule has 26 heavy (non-hydrogen) atoms.